The number of nitrogens with one attached hydrogen (secondary N) is 2. The number of anilines is 1. The Hall–Kier alpha value is -2.56. The Kier molecular flexibility index (Phi) is 3.73. The van der Waals surface area contributed by atoms with E-state index in [0.29, 0.717) is 5.82 Å². The number of H-pyrrole nitrogens is 1. The molecule has 0 saturated carbocycles. The second-order valence-electron chi connectivity index (χ2n) is 4.92. The van der Waals surface area contributed by atoms with Crippen LogP contribution in [-0.4, -0.2) is 22.7 Å². The van der Waals surface area contributed by atoms with E-state index in [-0.39, 0.29) is 5.91 Å². The average molecular weight is 283 g/mol. The molecular formula is C16H17N3O2. The van der Waals surface area contributed by atoms with E-state index < -0.39 is 0 Å². The molecule has 0 fully saturated rings. The minimum absolute atomic E-state index is 0.194. The maximum absolute atomic E-state index is 11.8. The Bertz CT molecular complexity index is 689. The van der Waals surface area contributed by atoms with Crippen LogP contribution in [0.15, 0.2) is 30.3 Å². The summed E-state index contributed by atoms with van der Waals surface area (Å²) in [7, 11) is 0. The van der Waals surface area contributed by atoms with Crippen LogP contribution in [-0.2, 0) is 17.6 Å². The van der Waals surface area contributed by atoms with E-state index in [4.69, 9.17) is 4.74 Å². The highest BCUT2D eigenvalue weighted by Crippen LogP contribution is 2.26. The number of rotatable bonds is 4. The monoisotopic (exact) mass is 283 g/mol. The number of carbonyl (C=O) groups excluding carboxylic acids is 1. The molecule has 0 saturated heterocycles. The summed E-state index contributed by atoms with van der Waals surface area (Å²) in [6.45, 7) is 2.76. The van der Waals surface area contributed by atoms with Gasteiger partial charge in [-0.05, 0) is 35.8 Å². The molecule has 21 heavy (non-hydrogen) atoms. The Balaban J connectivity index is 1.64. The molecule has 0 bridgehead atoms. The second kappa shape index (κ2) is 5.83. The largest absolute Gasteiger partial charge is 0.493 e. The molecule has 108 valence electrons. The fourth-order valence-corrected chi connectivity index (χ4v) is 2.26. The van der Waals surface area contributed by atoms with Crippen LogP contribution in [0.4, 0.5) is 5.82 Å². The van der Waals surface area contributed by atoms with Gasteiger partial charge in [-0.25, -0.2) is 0 Å². The van der Waals surface area contributed by atoms with Crippen LogP contribution < -0.4 is 10.1 Å². The number of hydrogen-bond acceptors (Lipinski definition) is 3. The summed E-state index contributed by atoms with van der Waals surface area (Å²) < 4.78 is 5.46. The van der Waals surface area contributed by atoms with E-state index in [1.807, 2.05) is 25.1 Å². The zero-order chi connectivity index (χ0) is 14.7. The van der Waals surface area contributed by atoms with Gasteiger partial charge in [-0.15, -0.1) is 0 Å². The van der Waals surface area contributed by atoms with Crippen LogP contribution in [0.3, 0.4) is 0 Å². The van der Waals surface area contributed by atoms with E-state index in [1.165, 1.54) is 11.6 Å². The Morgan fingerprint density at radius 2 is 2.38 bits per heavy atom. The van der Waals surface area contributed by atoms with Crippen molar-refractivity contribution in [2.24, 2.45) is 0 Å². The van der Waals surface area contributed by atoms with Gasteiger partial charge in [-0.1, -0.05) is 13.0 Å². The lowest BCUT2D eigenvalue weighted by Crippen LogP contribution is -2.07. The van der Waals surface area contributed by atoms with Crippen LogP contribution in [0.1, 0.15) is 23.7 Å². The van der Waals surface area contributed by atoms with Gasteiger partial charge in [0.05, 0.1) is 6.61 Å². The molecule has 2 heterocycles. The number of nitrogens with zero attached hydrogens (tertiary/aromatic N) is 1. The van der Waals surface area contributed by atoms with Crippen LogP contribution in [0, 0.1) is 0 Å². The van der Waals surface area contributed by atoms with Crippen molar-refractivity contribution >= 4 is 17.8 Å². The lowest BCUT2D eigenvalue weighted by Gasteiger charge is -2.00. The molecule has 0 atom stereocenters. The Labute approximate surface area is 123 Å². The van der Waals surface area contributed by atoms with E-state index in [9.17, 15) is 4.79 Å². The predicted molar refractivity (Wildman–Crippen MR) is 81.3 cm³/mol. The molecule has 2 N–H and O–H groups in total. The molecule has 0 radical (unpaired) electrons. The highest BCUT2D eigenvalue weighted by molar-refractivity contribution is 6.01. The van der Waals surface area contributed by atoms with Crippen molar-refractivity contribution in [2.45, 2.75) is 19.8 Å². The van der Waals surface area contributed by atoms with Crippen LogP contribution in [0.2, 0.25) is 0 Å². The first-order valence-electron chi connectivity index (χ1n) is 7.03. The number of carbonyl (C=O) groups is 1. The van der Waals surface area contributed by atoms with Gasteiger partial charge in [0.15, 0.2) is 5.82 Å². The Morgan fingerprint density at radius 3 is 3.19 bits per heavy atom. The fraction of sp³-hybridized carbons (Fsp3) is 0.250. The fourth-order valence-electron chi connectivity index (χ4n) is 2.26. The molecule has 0 unspecified atom stereocenters. The van der Waals surface area contributed by atoms with E-state index in [2.05, 4.69) is 21.6 Å². The van der Waals surface area contributed by atoms with Crippen LogP contribution in [0.25, 0.3) is 6.08 Å². The summed E-state index contributed by atoms with van der Waals surface area (Å²) >= 11 is 0. The van der Waals surface area contributed by atoms with Crippen molar-refractivity contribution in [1.82, 2.24) is 10.2 Å². The highest BCUT2D eigenvalue weighted by Gasteiger charge is 2.11. The molecule has 1 aromatic carbocycles. The van der Waals surface area contributed by atoms with Crippen molar-refractivity contribution < 1.29 is 9.53 Å². The van der Waals surface area contributed by atoms with Gasteiger partial charge in [0, 0.05) is 24.3 Å². The van der Waals surface area contributed by atoms with Gasteiger partial charge in [0.25, 0.3) is 0 Å². The zero-order valence-corrected chi connectivity index (χ0v) is 11.8. The van der Waals surface area contributed by atoms with Crippen molar-refractivity contribution in [3.63, 3.8) is 0 Å². The second-order valence-corrected chi connectivity index (χ2v) is 4.92. The minimum atomic E-state index is -0.194. The molecule has 0 spiro atoms. The predicted octanol–water partition coefficient (Wildman–Crippen LogP) is 2.56. The lowest BCUT2D eigenvalue weighted by atomic mass is 10.1. The molecule has 5 nitrogen and oxygen atoms in total. The average Bonchev–Trinajstić information content (AvgIpc) is 3.13. The van der Waals surface area contributed by atoms with Gasteiger partial charge in [0.1, 0.15) is 5.75 Å². The molecule has 2 aromatic rings. The minimum Gasteiger partial charge on any atom is -0.493 e. The summed E-state index contributed by atoms with van der Waals surface area (Å²) in [5.74, 6) is 1.30. The van der Waals surface area contributed by atoms with Crippen LogP contribution in [0.5, 0.6) is 5.75 Å². The third-order valence-electron chi connectivity index (χ3n) is 3.40. The number of amides is 1. The summed E-state index contributed by atoms with van der Waals surface area (Å²) in [6.07, 6.45) is 5.09. The van der Waals surface area contributed by atoms with Crippen molar-refractivity contribution in [1.29, 1.82) is 0 Å². The number of aromatic nitrogens is 2. The van der Waals surface area contributed by atoms with E-state index in [0.717, 1.165) is 36.5 Å². The van der Waals surface area contributed by atoms with E-state index >= 15 is 0 Å². The molecular weight excluding hydrogens is 266 g/mol. The number of benzene rings is 1. The van der Waals surface area contributed by atoms with Gasteiger partial charge in [0.2, 0.25) is 5.91 Å². The summed E-state index contributed by atoms with van der Waals surface area (Å²) in [4.78, 5) is 11.8. The Morgan fingerprint density at radius 1 is 1.48 bits per heavy atom. The van der Waals surface area contributed by atoms with Crippen molar-refractivity contribution in [3.05, 3.63) is 47.2 Å². The number of fused-ring (bicyclic) bond motifs is 1. The van der Waals surface area contributed by atoms with Gasteiger partial charge in [-0.3, -0.25) is 9.89 Å². The number of aryl methyl sites for hydroxylation is 1. The maximum Gasteiger partial charge on any atom is 0.249 e. The first kappa shape index (κ1) is 13.4. The topological polar surface area (TPSA) is 67.0 Å². The smallest absolute Gasteiger partial charge is 0.249 e. The first-order valence-corrected chi connectivity index (χ1v) is 7.03. The molecule has 1 amide bonds. The van der Waals surface area contributed by atoms with Gasteiger partial charge >= 0.3 is 0 Å². The number of aromatic amines is 1. The van der Waals surface area contributed by atoms with Gasteiger partial charge in [-0.2, -0.15) is 5.10 Å². The normalized spacial score (nSPS) is 13.2. The SMILES string of the molecule is CCc1cc(NC(=O)/C=C/c2ccc3c(c2)CCO3)n[nH]1. The zero-order valence-electron chi connectivity index (χ0n) is 11.8. The lowest BCUT2D eigenvalue weighted by molar-refractivity contribution is -0.111. The van der Waals surface area contributed by atoms with Crippen molar-refractivity contribution in [2.75, 3.05) is 11.9 Å². The molecule has 1 aromatic heterocycles. The third-order valence-corrected chi connectivity index (χ3v) is 3.40. The molecule has 1 aliphatic heterocycles. The van der Waals surface area contributed by atoms with Crippen LogP contribution >= 0.6 is 0 Å². The standard InChI is InChI=1S/C16H17N3O2/c1-2-13-10-15(19-18-13)17-16(20)6-4-11-3-5-14-12(9-11)7-8-21-14/h3-6,9-10H,2,7-8H2,1H3,(H2,17,18,19,20)/b6-4+. The third kappa shape index (κ3) is 3.13. The summed E-state index contributed by atoms with van der Waals surface area (Å²) in [5, 5.41) is 9.61. The highest BCUT2D eigenvalue weighted by atomic mass is 16.5. The first-order chi connectivity index (χ1) is 10.2. The molecule has 5 heteroatoms. The maximum atomic E-state index is 11.8. The molecule has 0 aliphatic carbocycles. The quantitative estimate of drug-likeness (QED) is 0.847. The summed E-state index contributed by atoms with van der Waals surface area (Å²) in [6, 6.07) is 7.77. The number of ether oxygens (including phenoxy) is 1. The molecule has 1 aliphatic rings. The molecule has 3 rings (SSSR count). The van der Waals surface area contributed by atoms with Crippen molar-refractivity contribution in [3.8, 4) is 5.75 Å². The summed E-state index contributed by atoms with van der Waals surface area (Å²) in [5.41, 5.74) is 3.18. The number of hydrogen-bond donors (Lipinski definition) is 2. The van der Waals surface area contributed by atoms with E-state index in [1.54, 1.807) is 6.08 Å². The van der Waals surface area contributed by atoms with Gasteiger partial charge < -0.3 is 10.1 Å².